The average molecular weight is 479 g/mol. The van der Waals surface area contributed by atoms with E-state index in [0.717, 1.165) is 30.4 Å². The van der Waals surface area contributed by atoms with Crippen LogP contribution in [0.15, 0.2) is 48.5 Å². The standard InChI is InChI=1S/C28H34N2O5/c1-18(8-6-15-26(31)32)30-27(33)24(19-9-7-10-19)16-29-28(34)35-17-25-22-13-4-2-11-20(22)21-12-3-5-14-23(21)25/h2-5,11-14,18-19,24-25H,6-10,15-17H2,1H3,(H,29,34)(H,30,33)(H,31,32). The predicted molar refractivity (Wildman–Crippen MR) is 133 cm³/mol. The lowest BCUT2D eigenvalue weighted by atomic mass is 9.75. The molecule has 7 heteroatoms. The zero-order valence-corrected chi connectivity index (χ0v) is 20.2. The first kappa shape index (κ1) is 24.8. The molecule has 2 aliphatic rings. The van der Waals surface area contributed by atoms with Crippen molar-refractivity contribution in [2.24, 2.45) is 11.8 Å². The Hall–Kier alpha value is -3.35. The van der Waals surface area contributed by atoms with E-state index in [-0.39, 0.29) is 49.3 Å². The SMILES string of the molecule is CC(CCCC(=O)O)NC(=O)C(CNC(=O)OCC1c2ccccc2-c2ccccc21)C1CCC1. The molecule has 0 bridgehead atoms. The van der Waals surface area contributed by atoms with E-state index >= 15 is 0 Å². The normalized spacial score (nSPS) is 16.4. The van der Waals surface area contributed by atoms with Gasteiger partial charge in [-0.3, -0.25) is 9.59 Å². The van der Waals surface area contributed by atoms with E-state index in [1.807, 2.05) is 31.2 Å². The van der Waals surface area contributed by atoms with Crippen molar-refractivity contribution in [1.29, 1.82) is 0 Å². The Balaban J connectivity index is 1.29. The maximum Gasteiger partial charge on any atom is 0.407 e. The van der Waals surface area contributed by atoms with Crippen LogP contribution in [0.3, 0.4) is 0 Å². The first-order valence-electron chi connectivity index (χ1n) is 12.5. The Morgan fingerprint density at radius 1 is 1.03 bits per heavy atom. The summed E-state index contributed by atoms with van der Waals surface area (Å²) in [6.07, 6.45) is 3.73. The molecule has 0 saturated heterocycles. The molecule has 0 radical (unpaired) electrons. The van der Waals surface area contributed by atoms with E-state index < -0.39 is 12.1 Å². The quantitative estimate of drug-likeness (QED) is 0.434. The molecule has 0 heterocycles. The molecule has 7 nitrogen and oxygen atoms in total. The van der Waals surface area contributed by atoms with Crippen LogP contribution in [0.25, 0.3) is 11.1 Å². The number of carbonyl (C=O) groups excluding carboxylic acids is 2. The highest BCUT2D eigenvalue weighted by Crippen LogP contribution is 2.44. The lowest BCUT2D eigenvalue weighted by Crippen LogP contribution is -2.46. The lowest BCUT2D eigenvalue weighted by molar-refractivity contribution is -0.137. The second kappa shape index (κ2) is 11.4. The van der Waals surface area contributed by atoms with Crippen molar-refractivity contribution in [3.8, 4) is 11.1 Å². The Morgan fingerprint density at radius 2 is 1.66 bits per heavy atom. The Morgan fingerprint density at radius 3 is 2.23 bits per heavy atom. The molecular weight excluding hydrogens is 444 g/mol. The van der Waals surface area contributed by atoms with Crippen LogP contribution in [0.4, 0.5) is 4.79 Å². The highest BCUT2D eigenvalue weighted by Gasteiger charge is 2.34. The number of benzene rings is 2. The first-order valence-corrected chi connectivity index (χ1v) is 12.5. The number of aliphatic carboxylic acids is 1. The Kier molecular flexibility index (Phi) is 8.06. The number of carboxylic acids is 1. The summed E-state index contributed by atoms with van der Waals surface area (Å²) in [4.78, 5) is 36.2. The van der Waals surface area contributed by atoms with E-state index in [9.17, 15) is 14.4 Å². The molecule has 0 aliphatic heterocycles. The van der Waals surface area contributed by atoms with Crippen molar-refractivity contribution in [3.63, 3.8) is 0 Å². The zero-order valence-electron chi connectivity index (χ0n) is 20.2. The van der Waals surface area contributed by atoms with Gasteiger partial charge in [0.25, 0.3) is 0 Å². The fraction of sp³-hybridized carbons (Fsp3) is 0.464. The van der Waals surface area contributed by atoms with Gasteiger partial charge in [-0.1, -0.05) is 55.0 Å². The molecule has 0 aromatic heterocycles. The van der Waals surface area contributed by atoms with Crippen molar-refractivity contribution >= 4 is 18.0 Å². The molecular formula is C28H34N2O5. The number of hydrogen-bond donors (Lipinski definition) is 3. The maximum absolute atomic E-state index is 12.9. The molecule has 2 aliphatic carbocycles. The molecule has 35 heavy (non-hydrogen) atoms. The van der Waals surface area contributed by atoms with Gasteiger partial charge in [-0.2, -0.15) is 0 Å². The van der Waals surface area contributed by atoms with E-state index in [1.165, 1.54) is 11.1 Å². The highest BCUT2D eigenvalue weighted by atomic mass is 16.5. The summed E-state index contributed by atoms with van der Waals surface area (Å²) in [7, 11) is 0. The third-order valence-electron chi connectivity index (χ3n) is 7.28. The highest BCUT2D eigenvalue weighted by molar-refractivity contribution is 5.81. The minimum atomic E-state index is -0.830. The number of amides is 2. The van der Waals surface area contributed by atoms with Crippen molar-refractivity contribution in [2.75, 3.05) is 13.2 Å². The van der Waals surface area contributed by atoms with Gasteiger partial charge in [-0.25, -0.2) is 4.79 Å². The fourth-order valence-corrected chi connectivity index (χ4v) is 5.14. The van der Waals surface area contributed by atoms with Crippen LogP contribution in [-0.4, -0.2) is 42.3 Å². The smallest absolute Gasteiger partial charge is 0.407 e. The van der Waals surface area contributed by atoms with Gasteiger partial charge >= 0.3 is 12.1 Å². The van der Waals surface area contributed by atoms with Crippen LogP contribution in [0.2, 0.25) is 0 Å². The van der Waals surface area contributed by atoms with Crippen LogP contribution < -0.4 is 10.6 Å². The second-order valence-corrected chi connectivity index (χ2v) is 9.70. The summed E-state index contributed by atoms with van der Waals surface area (Å²) in [5, 5.41) is 14.6. The third-order valence-corrected chi connectivity index (χ3v) is 7.28. The minimum Gasteiger partial charge on any atom is -0.481 e. The van der Waals surface area contributed by atoms with Gasteiger partial charge in [-0.15, -0.1) is 0 Å². The number of alkyl carbamates (subject to hydrolysis) is 1. The number of fused-ring (bicyclic) bond motifs is 3. The van der Waals surface area contributed by atoms with Gasteiger partial charge in [-0.05, 0) is 60.8 Å². The summed E-state index contributed by atoms with van der Waals surface area (Å²) in [6, 6.07) is 16.3. The molecule has 0 spiro atoms. The van der Waals surface area contributed by atoms with Gasteiger partial charge in [0.2, 0.25) is 5.91 Å². The van der Waals surface area contributed by atoms with E-state index in [0.29, 0.717) is 12.8 Å². The van der Waals surface area contributed by atoms with Crippen LogP contribution in [0.5, 0.6) is 0 Å². The zero-order chi connectivity index (χ0) is 24.8. The first-order chi connectivity index (χ1) is 16.9. The molecule has 3 N–H and O–H groups in total. The van der Waals surface area contributed by atoms with Crippen LogP contribution >= 0.6 is 0 Å². The number of nitrogens with one attached hydrogen (secondary N) is 2. The predicted octanol–water partition coefficient (Wildman–Crippen LogP) is 4.70. The summed E-state index contributed by atoms with van der Waals surface area (Å²) in [5.74, 6) is -0.994. The average Bonchev–Trinajstić information content (AvgIpc) is 3.12. The number of carboxylic acid groups (broad SMARTS) is 1. The molecule has 2 atom stereocenters. The van der Waals surface area contributed by atoms with Crippen molar-refractivity contribution < 1.29 is 24.2 Å². The number of ether oxygens (including phenoxy) is 1. The van der Waals surface area contributed by atoms with Crippen molar-refractivity contribution in [3.05, 3.63) is 59.7 Å². The van der Waals surface area contributed by atoms with Crippen LogP contribution in [0.1, 0.15) is 62.5 Å². The molecule has 2 aromatic carbocycles. The Bertz CT molecular complexity index is 1020. The van der Waals surface area contributed by atoms with E-state index in [2.05, 4.69) is 34.9 Å². The number of rotatable bonds is 11. The topological polar surface area (TPSA) is 105 Å². The van der Waals surface area contributed by atoms with Gasteiger partial charge in [0.05, 0.1) is 5.92 Å². The van der Waals surface area contributed by atoms with E-state index in [4.69, 9.17) is 9.84 Å². The minimum absolute atomic E-state index is 0.00877. The van der Waals surface area contributed by atoms with Crippen molar-refractivity contribution in [2.45, 2.75) is 57.4 Å². The summed E-state index contributed by atoms with van der Waals surface area (Å²) < 4.78 is 5.62. The third kappa shape index (κ3) is 6.02. The molecule has 1 saturated carbocycles. The summed E-state index contributed by atoms with van der Waals surface area (Å²) in [6.45, 7) is 2.35. The second-order valence-electron chi connectivity index (χ2n) is 9.70. The maximum atomic E-state index is 12.9. The van der Waals surface area contributed by atoms with Crippen LogP contribution in [0, 0.1) is 11.8 Å². The summed E-state index contributed by atoms with van der Waals surface area (Å²) >= 11 is 0. The monoisotopic (exact) mass is 478 g/mol. The van der Waals surface area contributed by atoms with Gasteiger partial charge < -0.3 is 20.5 Å². The summed E-state index contributed by atoms with van der Waals surface area (Å²) in [5.41, 5.74) is 4.67. The van der Waals surface area contributed by atoms with Gasteiger partial charge in [0.15, 0.2) is 0 Å². The molecule has 4 rings (SSSR count). The molecule has 2 amide bonds. The van der Waals surface area contributed by atoms with E-state index in [1.54, 1.807) is 0 Å². The van der Waals surface area contributed by atoms with Crippen LogP contribution in [-0.2, 0) is 14.3 Å². The molecule has 2 aromatic rings. The number of carbonyl (C=O) groups is 3. The Labute approximate surface area is 206 Å². The van der Waals surface area contributed by atoms with Crippen molar-refractivity contribution in [1.82, 2.24) is 10.6 Å². The fourth-order valence-electron chi connectivity index (χ4n) is 5.14. The molecule has 2 unspecified atom stereocenters. The van der Waals surface area contributed by atoms with Gasteiger partial charge in [0.1, 0.15) is 6.61 Å². The number of hydrogen-bond acceptors (Lipinski definition) is 4. The van der Waals surface area contributed by atoms with Gasteiger partial charge in [0, 0.05) is 24.9 Å². The molecule has 1 fully saturated rings. The largest absolute Gasteiger partial charge is 0.481 e. The molecule has 186 valence electrons. The lowest BCUT2D eigenvalue weighted by Gasteiger charge is -2.33.